The van der Waals surface area contributed by atoms with Crippen LogP contribution in [0, 0.1) is 0 Å². The molecule has 6 nitrogen and oxygen atoms in total. The van der Waals surface area contributed by atoms with Crippen LogP contribution in [0.1, 0.15) is 29.8 Å². The second-order valence-electron chi connectivity index (χ2n) is 3.63. The monoisotopic (exact) mass is 253 g/mol. The zero-order chi connectivity index (χ0) is 12.6. The predicted molar refractivity (Wildman–Crippen MR) is 60.3 cm³/mol. The number of hydrogen-bond acceptors (Lipinski definition) is 5. The number of rotatable bonds is 3. The van der Waals surface area contributed by atoms with Gasteiger partial charge in [-0.25, -0.2) is 14.7 Å². The van der Waals surface area contributed by atoms with E-state index in [1.165, 1.54) is 11.3 Å². The number of carbonyl (C=O) groups excluding carboxylic acids is 3. The lowest BCUT2D eigenvalue weighted by atomic mass is 10.3. The van der Waals surface area contributed by atoms with Gasteiger partial charge in [-0.3, -0.25) is 14.9 Å². The molecular formula is C10H11N3O3S. The van der Waals surface area contributed by atoms with Crippen molar-refractivity contribution in [2.24, 2.45) is 0 Å². The molecule has 2 rings (SSSR count). The lowest BCUT2D eigenvalue weighted by molar-refractivity contribution is -0.141. The molecule has 1 aliphatic rings. The number of thiazole rings is 1. The SMILES string of the molecule is CCc1cnc(C(C)N2C(=O)NC(=O)C2=O)s1. The Balaban J connectivity index is 2.25. The maximum absolute atomic E-state index is 11.5. The molecule has 1 aromatic rings. The van der Waals surface area contributed by atoms with Crippen LogP contribution in [0.5, 0.6) is 0 Å². The van der Waals surface area contributed by atoms with Crippen LogP contribution in [-0.2, 0) is 16.0 Å². The van der Waals surface area contributed by atoms with Crippen LogP contribution in [0.4, 0.5) is 4.79 Å². The number of aromatic nitrogens is 1. The third-order valence-electron chi connectivity index (χ3n) is 2.52. The summed E-state index contributed by atoms with van der Waals surface area (Å²) in [4.78, 5) is 40.1. The fraction of sp³-hybridized carbons (Fsp3) is 0.400. The number of carbonyl (C=O) groups is 3. The van der Waals surface area contributed by atoms with Crippen LogP contribution in [-0.4, -0.2) is 27.7 Å². The first kappa shape index (κ1) is 11.7. The number of imide groups is 2. The Bertz CT molecular complexity index is 497. The van der Waals surface area contributed by atoms with Gasteiger partial charge >= 0.3 is 17.8 Å². The number of hydrogen-bond donors (Lipinski definition) is 1. The number of amides is 4. The lowest BCUT2D eigenvalue weighted by Gasteiger charge is -2.17. The molecule has 1 fully saturated rings. The van der Waals surface area contributed by atoms with E-state index in [0.29, 0.717) is 5.01 Å². The summed E-state index contributed by atoms with van der Waals surface area (Å²) in [6.45, 7) is 3.67. The van der Waals surface area contributed by atoms with Gasteiger partial charge in [-0.05, 0) is 13.3 Å². The average Bonchev–Trinajstić information content (AvgIpc) is 2.85. The maximum Gasteiger partial charge on any atom is 0.332 e. The molecule has 1 N–H and O–H groups in total. The molecule has 90 valence electrons. The largest absolute Gasteiger partial charge is 0.332 e. The summed E-state index contributed by atoms with van der Waals surface area (Å²) in [5, 5.41) is 2.62. The van der Waals surface area contributed by atoms with E-state index in [9.17, 15) is 14.4 Å². The molecular weight excluding hydrogens is 242 g/mol. The first-order chi connectivity index (χ1) is 8.04. The van der Waals surface area contributed by atoms with Gasteiger partial charge in [0.2, 0.25) is 0 Å². The number of urea groups is 1. The molecule has 0 aliphatic carbocycles. The van der Waals surface area contributed by atoms with Crippen LogP contribution in [0.2, 0.25) is 0 Å². The van der Waals surface area contributed by atoms with E-state index in [2.05, 4.69) is 4.98 Å². The first-order valence-corrected chi connectivity index (χ1v) is 5.99. The Kier molecular flexibility index (Phi) is 2.93. The van der Waals surface area contributed by atoms with E-state index >= 15 is 0 Å². The topological polar surface area (TPSA) is 79.4 Å². The van der Waals surface area contributed by atoms with Gasteiger partial charge in [-0.2, -0.15) is 0 Å². The Morgan fingerprint density at radius 1 is 1.47 bits per heavy atom. The fourth-order valence-corrected chi connectivity index (χ4v) is 2.45. The predicted octanol–water partition coefficient (Wildman–Crippen LogP) is 0.845. The van der Waals surface area contributed by atoms with E-state index in [0.717, 1.165) is 16.2 Å². The van der Waals surface area contributed by atoms with Crippen LogP contribution in [0.15, 0.2) is 6.20 Å². The van der Waals surface area contributed by atoms with Gasteiger partial charge < -0.3 is 0 Å². The van der Waals surface area contributed by atoms with Gasteiger partial charge in [0.05, 0.1) is 6.04 Å². The average molecular weight is 253 g/mol. The molecule has 0 aromatic carbocycles. The van der Waals surface area contributed by atoms with Crippen molar-refractivity contribution in [3.05, 3.63) is 16.1 Å². The Hall–Kier alpha value is -1.76. The minimum atomic E-state index is -0.880. The van der Waals surface area contributed by atoms with Gasteiger partial charge in [-0.15, -0.1) is 11.3 Å². The smallest absolute Gasteiger partial charge is 0.269 e. The highest BCUT2D eigenvalue weighted by Gasteiger charge is 2.41. The van der Waals surface area contributed by atoms with Crippen molar-refractivity contribution in [2.75, 3.05) is 0 Å². The van der Waals surface area contributed by atoms with E-state index in [1.807, 2.05) is 12.2 Å². The van der Waals surface area contributed by atoms with Crippen LogP contribution in [0.25, 0.3) is 0 Å². The Morgan fingerprint density at radius 2 is 2.18 bits per heavy atom. The highest BCUT2D eigenvalue weighted by atomic mass is 32.1. The standard InChI is InChI=1S/C10H11N3O3S/c1-3-6-4-11-8(17-6)5(2)13-9(15)7(14)12-10(13)16/h4-5H,3H2,1-2H3,(H,12,14,16). The Labute approximate surface area is 102 Å². The molecule has 1 atom stereocenters. The molecule has 0 bridgehead atoms. The molecule has 1 saturated heterocycles. The zero-order valence-electron chi connectivity index (χ0n) is 9.39. The fourth-order valence-electron chi connectivity index (χ4n) is 1.55. The molecule has 1 aromatic heterocycles. The van der Waals surface area contributed by atoms with Gasteiger partial charge in [0.25, 0.3) is 0 Å². The first-order valence-electron chi connectivity index (χ1n) is 5.17. The van der Waals surface area contributed by atoms with Crippen molar-refractivity contribution in [2.45, 2.75) is 26.3 Å². The zero-order valence-corrected chi connectivity index (χ0v) is 10.2. The number of aryl methyl sites for hydroxylation is 1. The molecule has 2 heterocycles. The number of nitrogens with one attached hydrogen (secondary N) is 1. The summed E-state index contributed by atoms with van der Waals surface area (Å²) in [5.74, 6) is -1.70. The third kappa shape index (κ3) is 1.93. The van der Waals surface area contributed by atoms with Gasteiger partial charge in [0, 0.05) is 11.1 Å². The summed E-state index contributed by atoms with van der Waals surface area (Å²) in [7, 11) is 0. The molecule has 1 unspecified atom stereocenters. The summed E-state index contributed by atoms with van der Waals surface area (Å²) in [6.07, 6.45) is 2.57. The van der Waals surface area contributed by atoms with Crippen molar-refractivity contribution in [1.29, 1.82) is 0 Å². The van der Waals surface area contributed by atoms with E-state index in [-0.39, 0.29) is 0 Å². The lowest BCUT2D eigenvalue weighted by Crippen LogP contribution is -2.33. The molecule has 17 heavy (non-hydrogen) atoms. The highest BCUT2D eigenvalue weighted by Crippen LogP contribution is 2.26. The second kappa shape index (κ2) is 4.25. The van der Waals surface area contributed by atoms with Gasteiger partial charge in [0.1, 0.15) is 5.01 Å². The quantitative estimate of drug-likeness (QED) is 0.639. The maximum atomic E-state index is 11.5. The third-order valence-corrected chi connectivity index (χ3v) is 3.83. The normalized spacial score (nSPS) is 17.5. The molecule has 0 spiro atoms. The molecule has 7 heteroatoms. The molecule has 0 radical (unpaired) electrons. The van der Waals surface area contributed by atoms with E-state index < -0.39 is 23.9 Å². The van der Waals surface area contributed by atoms with Gasteiger partial charge in [-0.1, -0.05) is 6.92 Å². The summed E-state index contributed by atoms with van der Waals surface area (Å²) < 4.78 is 0. The van der Waals surface area contributed by atoms with E-state index in [1.54, 1.807) is 13.1 Å². The van der Waals surface area contributed by atoms with Crippen molar-refractivity contribution < 1.29 is 14.4 Å². The van der Waals surface area contributed by atoms with Crippen LogP contribution >= 0.6 is 11.3 Å². The van der Waals surface area contributed by atoms with E-state index in [4.69, 9.17) is 0 Å². The van der Waals surface area contributed by atoms with Crippen LogP contribution < -0.4 is 5.32 Å². The van der Waals surface area contributed by atoms with Crippen molar-refractivity contribution >= 4 is 29.2 Å². The summed E-state index contributed by atoms with van der Waals surface area (Å²) in [5.41, 5.74) is 0. The minimum absolute atomic E-state index is 0.515. The summed E-state index contributed by atoms with van der Waals surface area (Å²) in [6, 6.07) is -1.19. The highest BCUT2D eigenvalue weighted by molar-refractivity contribution is 7.11. The van der Waals surface area contributed by atoms with Crippen LogP contribution in [0.3, 0.4) is 0 Å². The van der Waals surface area contributed by atoms with Gasteiger partial charge in [0.15, 0.2) is 0 Å². The minimum Gasteiger partial charge on any atom is -0.269 e. The van der Waals surface area contributed by atoms with Crippen molar-refractivity contribution in [3.63, 3.8) is 0 Å². The Morgan fingerprint density at radius 3 is 2.65 bits per heavy atom. The van der Waals surface area contributed by atoms with Crippen molar-refractivity contribution in [3.8, 4) is 0 Å². The number of nitrogens with zero attached hydrogens (tertiary/aromatic N) is 2. The second-order valence-corrected chi connectivity index (χ2v) is 4.78. The molecule has 4 amide bonds. The summed E-state index contributed by atoms with van der Waals surface area (Å²) >= 11 is 1.44. The van der Waals surface area contributed by atoms with Crippen molar-refractivity contribution in [1.82, 2.24) is 15.2 Å². The molecule has 1 aliphatic heterocycles. The molecule has 0 saturated carbocycles.